The molecule has 1 aromatic carbocycles. The van der Waals surface area contributed by atoms with Crippen LogP contribution in [0.3, 0.4) is 0 Å². The maximum atomic E-state index is 11.8. The Kier molecular flexibility index (Phi) is 3.91. The molecule has 0 bridgehead atoms. The maximum absolute atomic E-state index is 11.8. The molecule has 4 nitrogen and oxygen atoms in total. The number of hydrogen-bond donors (Lipinski definition) is 1. The van der Waals surface area contributed by atoms with E-state index in [1.807, 2.05) is 0 Å². The van der Waals surface area contributed by atoms with Gasteiger partial charge in [0, 0.05) is 11.1 Å². The van der Waals surface area contributed by atoms with E-state index >= 15 is 0 Å². The zero-order valence-corrected chi connectivity index (χ0v) is 10.7. The van der Waals surface area contributed by atoms with Gasteiger partial charge >= 0.3 is 5.97 Å². The number of benzene rings is 1. The fourth-order valence-electron chi connectivity index (χ4n) is 1.33. The highest BCUT2D eigenvalue weighted by Gasteiger charge is 2.21. The lowest BCUT2D eigenvalue weighted by atomic mass is 10.0. The molecule has 0 heterocycles. The standard InChI is InChI=1S/C14H16O4/c1-9(13(17)18-14(2,3)4)11-6-5-10(8-15)7-12(11)16/h5-8,16H,1H2,2-4H3. The molecule has 0 aromatic heterocycles. The first kappa shape index (κ1) is 14.0. The van der Waals surface area contributed by atoms with E-state index in [2.05, 4.69) is 6.58 Å². The van der Waals surface area contributed by atoms with Gasteiger partial charge in [0.15, 0.2) is 0 Å². The summed E-state index contributed by atoms with van der Waals surface area (Å²) < 4.78 is 5.15. The lowest BCUT2D eigenvalue weighted by Crippen LogP contribution is -2.24. The van der Waals surface area contributed by atoms with Gasteiger partial charge in [-0.1, -0.05) is 12.6 Å². The number of carbonyl (C=O) groups excluding carboxylic acids is 2. The molecule has 0 fully saturated rings. The first-order valence-electron chi connectivity index (χ1n) is 5.45. The lowest BCUT2D eigenvalue weighted by Gasteiger charge is -2.20. The average molecular weight is 248 g/mol. The van der Waals surface area contributed by atoms with Crippen LogP contribution in [0.5, 0.6) is 5.75 Å². The monoisotopic (exact) mass is 248 g/mol. The molecule has 0 aliphatic rings. The van der Waals surface area contributed by atoms with Gasteiger partial charge in [-0.25, -0.2) is 4.79 Å². The highest BCUT2D eigenvalue weighted by Crippen LogP contribution is 2.26. The van der Waals surface area contributed by atoms with E-state index in [1.54, 1.807) is 20.8 Å². The van der Waals surface area contributed by atoms with Crippen LogP contribution in [0.1, 0.15) is 36.7 Å². The summed E-state index contributed by atoms with van der Waals surface area (Å²) >= 11 is 0. The van der Waals surface area contributed by atoms with Crippen LogP contribution >= 0.6 is 0 Å². The van der Waals surface area contributed by atoms with Crippen molar-refractivity contribution in [1.29, 1.82) is 0 Å². The number of phenols is 1. The Hall–Kier alpha value is -2.10. The molecule has 18 heavy (non-hydrogen) atoms. The second kappa shape index (κ2) is 5.04. The molecule has 0 atom stereocenters. The molecule has 0 unspecified atom stereocenters. The minimum atomic E-state index is -0.627. The third-order valence-corrected chi connectivity index (χ3v) is 2.13. The molecule has 0 amide bonds. The maximum Gasteiger partial charge on any atom is 0.338 e. The van der Waals surface area contributed by atoms with Crippen molar-refractivity contribution in [3.63, 3.8) is 0 Å². The molecular formula is C14H16O4. The smallest absolute Gasteiger partial charge is 0.338 e. The van der Waals surface area contributed by atoms with Gasteiger partial charge in [-0.05, 0) is 32.9 Å². The lowest BCUT2D eigenvalue weighted by molar-refractivity contribution is -0.147. The Morgan fingerprint density at radius 3 is 2.44 bits per heavy atom. The number of esters is 1. The normalized spacial score (nSPS) is 10.8. The highest BCUT2D eigenvalue weighted by molar-refractivity contribution is 6.16. The fourth-order valence-corrected chi connectivity index (χ4v) is 1.33. The molecule has 1 N–H and O–H groups in total. The van der Waals surface area contributed by atoms with Gasteiger partial charge < -0.3 is 9.84 Å². The largest absolute Gasteiger partial charge is 0.507 e. The number of aromatic hydroxyl groups is 1. The van der Waals surface area contributed by atoms with E-state index in [0.29, 0.717) is 11.8 Å². The third kappa shape index (κ3) is 3.45. The molecule has 1 aromatic rings. The Labute approximate surface area is 106 Å². The summed E-state index contributed by atoms with van der Waals surface area (Å²) in [4.78, 5) is 22.3. The van der Waals surface area contributed by atoms with E-state index in [1.165, 1.54) is 18.2 Å². The molecule has 96 valence electrons. The van der Waals surface area contributed by atoms with Crippen LogP contribution in [0.15, 0.2) is 24.8 Å². The number of ether oxygens (including phenoxy) is 1. The van der Waals surface area contributed by atoms with Crippen molar-refractivity contribution >= 4 is 17.8 Å². The highest BCUT2D eigenvalue weighted by atomic mass is 16.6. The third-order valence-electron chi connectivity index (χ3n) is 2.13. The van der Waals surface area contributed by atoms with Crippen molar-refractivity contribution in [2.24, 2.45) is 0 Å². The summed E-state index contributed by atoms with van der Waals surface area (Å²) in [6.07, 6.45) is 0.611. The second-order valence-electron chi connectivity index (χ2n) is 4.87. The van der Waals surface area contributed by atoms with Crippen LogP contribution in [-0.4, -0.2) is 23.0 Å². The molecule has 1 rings (SSSR count). The minimum absolute atomic E-state index is 0.0554. The molecule has 0 saturated carbocycles. The van der Waals surface area contributed by atoms with Crippen molar-refractivity contribution in [1.82, 2.24) is 0 Å². The number of aldehydes is 1. The molecular weight excluding hydrogens is 232 g/mol. The summed E-state index contributed by atoms with van der Waals surface area (Å²) in [5.41, 5.74) is 0.0150. The summed E-state index contributed by atoms with van der Waals surface area (Å²) in [6.45, 7) is 8.83. The first-order chi connectivity index (χ1) is 8.24. The van der Waals surface area contributed by atoms with Crippen LogP contribution < -0.4 is 0 Å². The summed E-state index contributed by atoms with van der Waals surface area (Å²) in [5, 5.41) is 9.71. The van der Waals surface area contributed by atoms with Gasteiger partial charge in [-0.3, -0.25) is 4.79 Å². The van der Waals surface area contributed by atoms with Gasteiger partial charge in [0.2, 0.25) is 0 Å². The Morgan fingerprint density at radius 1 is 1.39 bits per heavy atom. The SMILES string of the molecule is C=C(C(=O)OC(C)(C)C)c1ccc(C=O)cc1O. The predicted octanol–water partition coefficient (Wildman–Crippen LogP) is 2.56. The van der Waals surface area contributed by atoms with Crippen molar-refractivity contribution in [2.45, 2.75) is 26.4 Å². The van der Waals surface area contributed by atoms with Gasteiger partial charge in [0.1, 0.15) is 17.6 Å². The van der Waals surface area contributed by atoms with E-state index in [4.69, 9.17) is 4.74 Å². The van der Waals surface area contributed by atoms with E-state index < -0.39 is 11.6 Å². The zero-order chi connectivity index (χ0) is 13.9. The molecule has 0 aliphatic carbocycles. The molecule has 0 spiro atoms. The predicted molar refractivity (Wildman–Crippen MR) is 68.4 cm³/mol. The summed E-state index contributed by atoms with van der Waals surface area (Å²) in [6, 6.07) is 4.24. The number of hydrogen-bond acceptors (Lipinski definition) is 4. The van der Waals surface area contributed by atoms with Crippen LogP contribution in [0, 0.1) is 0 Å². The summed E-state index contributed by atoms with van der Waals surface area (Å²) in [7, 11) is 0. The van der Waals surface area contributed by atoms with Crippen molar-refractivity contribution in [3.8, 4) is 5.75 Å². The van der Waals surface area contributed by atoms with Gasteiger partial charge in [0.05, 0.1) is 5.57 Å². The van der Waals surface area contributed by atoms with Crippen LogP contribution in [-0.2, 0) is 9.53 Å². The van der Waals surface area contributed by atoms with Crippen LogP contribution in [0.2, 0.25) is 0 Å². The van der Waals surface area contributed by atoms with E-state index in [-0.39, 0.29) is 16.9 Å². The Bertz CT molecular complexity index is 495. The second-order valence-corrected chi connectivity index (χ2v) is 4.87. The minimum Gasteiger partial charge on any atom is -0.507 e. The van der Waals surface area contributed by atoms with E-state index in [0.717, 1.165) is 0 Å². The van der Waals surface area contributed by atoms with Gasteiger partial charge in [0.25, 0.3) is 0 Å². The van der Waals surface area contributed by atoms with Crippen LogP contribution in [0.4, 0.5) is 0 Å². The number of carbonyl (C=O) groups is 2. The summed E-state index contributed by atoms with van der Waals surface area (Å²) in [5.74, 6) is -0.771. The fraction of sp³-hybridized carbons (Fsp3) is 0.286. The van der Waals surface area contributed by atoms with Crippen molar-refractivity contribution in [2.75, 3.05) is 0 Å². The van der Waals surface area contributed by atoms with Gasteiger partial charge in [-0.2, -0.15) is 0 Å². The first-order valence-corrected chi connectivity index (χ1v) is 5.45. The quantitative estimate of drug-likeness (QED) is 0.507. The average Bonchev–Trinajstić information content (AvgIpc) is 2.25. The molecule has 4 heteroatoms. The van der Waals surface area contributed by atoms with Crippen molar-refractivity contribution in [3.05, 3.63) is 35.9 Å². The number of phenolic OH excluding ortho intramolecular Hbond substituents is 1. The number of rotatable bonds is 3. The molecule has 0 saturated heterocycles. The van der Waals surface area contributed by atoms with Gasteiger partial charge in [-0.15, -0.1) is 0 Å². The molecule has 0 aliphatic heterocycles. The van der Waals surface area contributed by atoms with Crippen molar-refractivity contribution < 1.29 is 19.4 Å². The Morgan fingerprint density at radius 2 is 2.00 bits per heavy atom. The Balaban J connectivity index is 2.97. The zero-order valence-electron chi connectivity index (χ0n) is 10.7. The van der Waals surface area contributed by atoms with Crippen LogP contribution in [0.25, 0.3) is 5.57 Å². The topological polar surface area (TPSA) is 63.6 Å². The van der Waals surface area contributed by atoms with E-state index in [9.17, 15) is 14.7 Å². The molecule has 0 radical (unpaired) electrons.